The molecular weight excluding hydrogens is 376 g/mol. The zero-order valence-electron chi connectivity index (χ0n) is 19.1. The fourth-order valence-electron chi connectivity index (χ4n) is 4.81. The zero-order valence-corrected chi connectivity index (χ0v) is 19.1. The maximum absolute atomic E-state index is 12.9. The van der Waals surface area contributed by atoms with Crippen molar-refractivity contribution >= 4 is 6.03 Å². The molecule has 1 N–H and O–H groups in total. The van der Waals surface area contributed by atoms with Crippen LogP contribution in [0.1, 0.15) is 50.1 Å². The summed E-state index contributed by atoms with van der Waals surface area (Å²) in [5, 5.41) is 3.18. The van der Waals surface area contributed by atoms with E-state index in [0.717, 1.165) is 44.3 Å². The van der Waals surface area contributed by atoms with Crippen LogP contribution >= 0.6 is 0 Å². The molecule has 1 heterocycles. The van der Waals surface area contributed by atoms with Gasteiger partial charge in [0.1, 0.15) is 5.75 Å². The van der Waals surface area contributed by atoms with Crippen LogP contribution < -0.4 is 10.1 Å². The molecule has 168 valence electrons. The smallest absolute Gasteiger partial charge is 0.317 e. The highest BCUT2D eigenvalue weighted by Crippen LogP contribution is 2.25. The van der Waals surface area contributed by atoms with E-state index in [9.17, 15) is 4.79 Å². The van der Waals surface area contributed by atoms with E-state index in [1.54, 1.807) is 7.11 Å². The molecule has 6 nitrogen and oxygen atoms in total. The third-order valence-corrected chi connectivity index (χ3v) is 6.69. The van der Waals surface area contributed by atoms with E-state index >= 15 is 0 Å². The van der Waals surface area contributed by atoms with Gasteiger partial charge in [0.05, 0.1) is 13.2 Å². The second-order valence-electron chi connectivity index (χ2n) is 9.08. The van der Waals surface area contributed by atoms with Gasteiger partial charge in [-0.1, -0.05) is 31.4 Å². The molecule has 1 aromatic rings. The predicted octanol–water partition coefficient (Wildman–Crippen LogP) is 3.60. The Bertz CT molecular complexity index is 643. The average Bonchev–Trinajstić information content (AvgIpc) is 3.00. The number of hydrogen-bond acceptors (Lipinski definition) is 4. The van der Waals surface area contributed by atoms with Gasteiger partial charge in [-0.2, -0.15) is 0 Å². The fourth-order valence-corrected chi connectivity index (χ4v) is 4.81. The largest absolute Gasteiger partial charge is 0.497 e. The number of carbonyl (C=O) groups is 1. The molecule has 1 atom stereocenters. The van der Waals surface area contributed by atoms with Crippen molar-refractivity contribution in [3.63, 3.8) is 0 Å². The number of likely N-dealkylation sites (N-methyl/N-ethyl adjacent to an activating group) is 1. The summed E-state index contributed by atoms with van der Waals surface area (Å²) >= 11 is 0. The minimum absolute atomic E-state index is 0.0647. The third-order valence-electron chi connectivity index (χ3n) is 6.69. The van der Waals surface area contributed by atoms with E-state index in [-0.39, 0.29) is 12.1 Å². The summed E-state index contributed by atoms with van der Waals surface area (Å²) in [6.07, 6.45) is 8.04. The second kappa shape index (κ2) is 11.6. The summed E-state index contributed by atoms with van der Waals surface area (Å²) < 4.78 is 5.26. The van der Waals surface area contributed by atoms with Crippen molar-refractivity contribution in [2.45, 2.75) is 44.6 Å². The molecule has 0 bridgehead atoms. The van der Waals surface area contributed by atoms with Gasteiger partial charge >= 0.3 is 6.03 Å². The number of amides is 2. The Labute approximate surface area is 182 Å². The van der Waals surface area contributed by atoms with Crippen LogP contribution in [0.25, 0.3) is 0 Å². The Morgan fingerprint density at radius 2 is 1.80 bits per heavy atom. The van der Waals surface area contributed by atoms with Gasteiger partial charge in [-0.3, -0.25) is 0 Å². The van der Waals surface area contributed by atoms with E-state index in [1.165, 1.54) is 44.2 Å². The van der Waals surface area contributed by atoms with Crippen molar-refractivity contribution in [3.8, 4) is 5.75 Å². The zero-order chi connectivity index (χ0) is 21.3. The van der Waals surface area contributed by atoms with Crippen LogP contribution in [0.15, 0.2) is 24.3 Å². The summed E-state index contributed by atoms with van der Waals surface area (Å²) in [5.41, 5.74) is 1.18. The normalized spacial score (nSPS) is 20.1. The van der Waals surface area contributed by atoms with Crippen LogP contribution in [0.3, 0.4) is 0 Å². The Kier molecular flexibility index (Phi) is 8.82. The Morgan fingerprint density at radius 1 is 1.07 bits per heavy atom. The lowest BCUT2D eigenvalue weighted by Gasteiger charge is -2.29. The Hall–Kier alpha value is -1.79. The van der Waals surface area contributed by atoms with Crippen LogP contribution in [-0.4, -0.2) is 81.2 Å². The number of benzene rings is 1. The van der Waals surface area contributed by atoms with Gasteiger partial charge in [-0.15, -0.1) is 0 Å². The molecule has 30 heavy (non-hydrogen) atoms. The Balaban J connectivity index is 1.48. The highest BCUT2D eigenvalue weighted by molar-refractivity contribution is 5.74. The first-order valence-corrected chi connectivity index (χ1v) is 11.6. The van der Waals surface area contributed by atoms with Crippen molar-refractivity contribution in [3.05, 3.63) is 29.8 Å². The quantitative estimate of drug-likeness (QED) is 0.738. The Morgan fingerprint density at radius 3 is 2.47 bits per heavy atom. The second-order valence-corrected chi connectivity index (χ2v) is 9.08. The fraction of sp³-hybridized carbons (Fsp3) is 0.708. The molecule has 0 aromatic heterocycles. The molecule has 2 amide bonds. The van der Waals surface area contributed by atoms with Gasteiger partial charge in [0.15, 0.2) is 0 Å². The van der Waals surface area contributed by atoms with Crippen LogP contribution in [0, 0.1) is 5.92 Å². The number of ether oxygens (including phenoxy) is 1. The van der Waals surface area contributed by atoms with E-state index in [0.29, 0.717) is 6.54 Å². The lowest BCUT2D eigenvalue weighted by atomic mass is 9.89. The van der Waals surface area contributed by atoms with Crippen LogP contribution in [0.4, 0.5) is 4.79 Å². The standard InChI is InChI=1S/C24H40N4O2/c1-26(2)23(21-10-12-22(30-3)13-11-21)18-25-24(29)28-15-7-14-27(16-17-28)19-20-8-5-4-6-9-20/h10-13,20,23H,4-9,14-19H2,1-3H3,(H,25,29). The molecule has 1 unspecified atom stereocenters. The monoisotopic (exact) mass is 416 g/mol. The van der Waals surface area contributed by atoms with Crippen LogP contribution in [0.2, 0.25) is 0 Å². The average molecular weight is 417 g/mol. The lowest BCUT2D eigenvalue weighted by molar-refractivity contribution is 0.186. The van der Waals surface area contributed by atoms with Crippen LogP contribution in [0.5, 0.6) is 5.75 Å². The van der Waals surface area contributed by atoms with Crippen molar-refractivity contribution in [2.24, 2.45) is 5.92 Å². The summed E-state index contributed by atoms with van der Waals surface area (Å²) in [6, 6.07) is 8.30. The van der Waals surface area contributed by atoms with Crippen molar-refractivity contribution in [1.29, 1.82) is 0 Å². The van der Waals surface area contributed by atoms with Gasteiger partial charge < -0.3 is 24.8 Å². The molecule has 1 aliphatic heterocycles. The number of rotatable bonds is 7. The molecule has 1 aromatic carbocycles. The van der Waals surface area contributed by atoms with E-state index < -0.39 is 0 Å². The van der Waals surface area contributed by atoms with Crippen molar-refractivity contribution in [1.82, 2.24) is 20.0 Å². The molecule has 2 aliphatic rings. The van der Waals surface area contributed by atoms with Gasteiger partial charge in [0.2, 0.25) is 0 Å². The van der Waals surface area contributed by atoms with Crippen molar-refractivity contribution in [2.75, 3.05) is 60.5 Å². The van der Waals surface area contributed by atoms with Gasteiger partial charge in [-0.25, -0.2) is 4.79 Å². The molecule has 3 rings (SSSR count). The van der Waals surface area contributed by atoms with Gasteiger partial charge in [0.25, 0.3) is 0 Å². The summed E-state index contributed by atoms with van der Waals surface area (Å²) in [4.78, 5) is 19.6. The minimum atomic E-state index is 0.0647. The third kappa shape index (κ3) is 6.61. The number of urea groups is 1. The molecule has 0 spiro atoms. The lowest BCUT2D eigenvalue weighted by Crippen LogP contribution is -2.45. The molecule has 6 heteroatoms. The maximum Gasteiger partial charge on any atom is 0.317 e. The number of carbonyl (C=O) groups excluding carboxylic acids is 1. The molecule has 0 radical (unpaired) electrons. The molecular formula is C24H40N4O2. The highest BCUT2D eigenvalue weighted by atomic mass is 16.5. The minimum Gasteiger partial charge on any atom is -0.497 e. The molecule has 1 saturated heterocycles. The topological polar surface area (TPSA) is 48.1 Å². The number of nitrogens with zero attached hydrogens (tertiary/aromatic N) is 3. The maximum atomic E-state index is 12.9. The first-order valence-electron chi connectivity index (χ1n) is 11.6. The predicted molar refractivity (Wildman–Crippen MR) is 122 cm³/mol. The molecule has 1 aliphatic carbocycles. The van der Waals surface area contributed by atoms with Gasteiger partial charge in [0, 0.05) is 32.7 Å². The number of methoxy groups -OCH3 is 1. The number of nitrogens with one attached hydrogen (secondary N) is 1. The number of hydrogen-bond donors (Lipinski definition) is 1. The van der Waals surface area contributed by atoms with E-state index in [2.05, 4.69) is 41.3 Å². The SMILES string of the molecule is COc1ccc(C(CNC(=O)N2CCCN(CC3CCCCC3)CC2)N(C)C)cc1. The van der Waals surface area contributed by atoms with E-state index in [1.807, 2.05) is 17.0 Å². The summed E-state index contributed by atoms with van der Waals surface area (Å²) in [6.45, 7) is 5.61. The van der Waals surface area contributed by atoms with Gasteiger partial charge in [-0.05, 0) is 63.5 Å². The van der Waals surface area contributed by atoms with E-state index in [4.69, 9.17) is 4.74 Å². The highest BCUT2D eigenvalue weighted by Gasteiger charge is 2.23. The first kappa shape index (κ1) is 22.9. The molecule has 1 saturated carbocycles. The summed E-state index contributed by atoms with van der Waals surface area (Å²) in [7, 11) is 5.78. The van der Waals surface area contributed by atoms with Crippen LogP contribution in [-0.2, 0) is 0 Å². The summed E-state index contributed by atoms with van der Waals surface area (Å²) in [5.74, 6) is 1.71. The molecule has 2 fully saturated rings. The first-order chi connectivity index (χ1) is 14.6. The van der Waals surface area contributed by atoms with Crippen molar-refractivity contribution < 1.29 is 9.53 Å².